The molecule has 0 amide bonds. The molecular formula is C18H40N4. The Bertz CT molecular complexity index is 212. The van der Waals surface area contributed by atoms with Crippen molar-refractivity contribution in [3.63, 3.8) is 0 Å². The lowest BCUT2D eigenvalue weighted by Crippen LogP contribution is -2.39. The van der Waals surface area contributed by atoms with E-state index in [1.165, 1.54) is 90.6 Å². The van der Waals surface area contributed by atoms with Crippen LogP contribution in [0.1, 0.15) is 65.2 Å². The van der Waals surface area contributed by atoms with Crippen molar-refractivity contribution >= 4 is 0 Å². The van der Waals surface area contributed by atoms with Crippen LogP contribution in [0.3, 0.4) is 0 Å². The summed E-state index contributed by atoms with van der Waals surface area (Å²) in [6.45, 7) is 11.9. The summed E-state index contributed by atoms with van der Waals surface area (Å²) in [7, 11) is 0. The molecule has 2 fully saturated rings. The summed E-state index contributed by atoms with van der Waals surface area (Å²) in [4.78, 5) is 5.07. The quantitative estimate of drug-likeness (QED) is 0.791. The summed E-state index contributed by atoms with van der Waals surface area (Å²) < 4.78 is 0. The SMILES string of the molecule is CCCCN1CCC(N)CC1.CCCCN1CCC(N)CC1. The van der Waals surface area contributed by atoms with E-state index in [1.54, 1.807) is 0 Å². The van der Waals surface area contributed by atoms with Crippen LogP contribution in [0, 0.1) is 0 Å². The number of hydrogen-bond acceptors (Lipinski definition) is 4. The monoisotopic (exact) mass is 312 g/mol. The molecular weight excluding hydrogens is 272 g/mol. The Kier molecular flexibility index (Phi) is 11.1. The number of unbranched alkanes of at least 4 members (excludes halogenated alkanes) is 2. The number of nitrogens with zero attached hydrogens (tertiary/aromatic N) is 2. The highest BCUT2D eigenvalue weighted by molar-refractivity contribution is 4.74. The molecule has 4 nitrogen and oxygen atoms in total. The third-order valence-electron chi connectivity index (χ3n) is 4.92. The first-order chi connectivity index (χ1) is 10.7. The Labute approximate surface area is 138 Å². The standard InChI is InChI=1S/2C9H20N2/c2*1-2-3-6-11-7-4-9(10)5-8-11/h2*9H,2-8,10H2,1H3. The molecule has 2 aliphatic heterocycles. The van der Waals surface area contributed by atoms with Gasteiger partial charge in [0.1, 0.15) is 0 Å². The third-order valence-corrected chi connectivity index (χ3v) is 4.92. The van der Waals surface area contributed by atoms with Gasteiger partial charge < -0.3 is 21.3 Å². The Morgan fingerprint density at radius 3 is 1.27 bits per heavy atom. The van der Waals surface area contributed by atoms with Gasteiger partial charge in [0.15, 0.2) is 0 Å². The van der Waals surface area contributed by atoms with E-state index in [0.717, 1.165) is 0 Å². The molecule has 22 heavy (non-hydrogen) atoms. The summed E-state index contributed by atoms with van der Waals surface area (Å²) in [6, 6.07) is 0.959. The fourth-order valence-electron chi connectivity index (χ4n) is 3.12. The summed E-state index contributed by atoms with van der Waals surface area (Å²) in [5.74, 6) is 0. The van der Waals surface area contributed by atoms with E-state index in [4.69, 9.17) is 11.5 Å². The zero-order valence-electron chi connectivity index (χ0n) is 15.1. The van der Waals surface area contributed by atoms with Crippen molar-refractivity contribution in [2.45, 2.75) is 77.3 Å². The first-order valence-electron chi connectivity index (χ1n) is 9.61. The van der Waals surface area contributed by atoms with Crippen LogP contribution in [-0.4, -0.2) is 61.2 Å². The first kappa shape index (κ1) is 19.9. The molecule has 4 N–H and O–H groups in total. The fraction of sp³-hybridized carbons (Fsp3) is 1.00. The highest BCUT2D eigenvalue weighted by Crippen LogP contribution is 2.09. The maximum Gasteiger partial charge on any atom is 0.00631 e. The van der Waals surface area contributed by atoms with Crippen molar-refractivity contribution < 1.29 is 0 Å². The molecule has 2 saturated heterocycles. The topological polar surface area (TPSA) is 58.5 Å². The van der Waals surface area contributed by atoms with Gasteiger partial charge >= 0.3 is 0 Å². The molecule has 0 unspecified atom stereocenters. The second-order valence-electron chi connectivity index (χ2n) is 7.07. The van der Waals surface area contributed by atoms with Crippen molar-refractivity contribution in [3.05, 3.63) is 0 Å². The average molecular weight is 313 g/mol. The van der Waals surface area contributed by atoms with E-state index >= 15 is 0 Å². The van der Waals surface area contributed by atoms with Crippen LogP contribution in [-0.2, 0) is 0 Å². The molecule has 0 spiro atoms. The first-order valence-corrected chi connectivity index (χ1v) is 9.61. The van der Waals surface area contributed by atoms with Crippen molar-refractivity contribution in [1.29, 1.82) is 0 Å². The smallest absolute Gasteiger partial charge is 0.00631 e. The molecule has 2 heterocycles. The Morgan fingerprint density at radius 1 is 0.682 bits per heavy atom. The van der Waals surface area contributed by atoms with Gasteiger partial charge in [-0.2, -0.15) is 0 Å². The largest absolute Gasteiger partial charge is 0.328 e. The molecule has 0 aromatic heterocycles. The van der Waals surface area contributed by atoms with Crippen LogP contribution in [0.4, 0.5) is 0 Å². The minimum atomic E-state index is 0.480. The lowest BCUT2D eigenvalue weighted by Gasteiger charge is -2.29. The molecule has 132 valence electrons. The molecule has 0 bridgehead atoms. The highest BCUT2D eigenvalue weighted by atomic mass is 15.1. The van der Waals surface area contributed by atoms with Crippen LogP contribution in [0.2, 0.25) is 0 Å². The predicted octanol–water partition coefficient (Wildman–Crippen LogP) is 2.42. The van der Waals surface area contributed by atoms with Crippen LogP contribution in [0.5, 0.6) is 0 Å². The van der Waals surface area contributed by atoms with E-state index in [9.17, 15) is 0 Å². The number of likely N-dealkylation sites (tertiary alicyclic amines) is 2. The van der Waals surface area contributed by atoms with E-state index in [-0.39, 0.29) is 0 Å². The van der Waals surface area contributed by atoms with Gasteiger partial charge in [-0.25, -0.2) is 0 Å². The molecule has 0 aliphatic carbocycles. The van der Waals surface area contributed by atoms with Gasteiger partial charge in [-0.05, 0) is 77.8 Å². The van der Waals surface area contributed by atoms with E-state index in [1.807, 2.05) is 0 Å². The van der Waals surface area contributed by atoms with E-state index in [0.29, 0.717) is 12.1 Å². The predicted molar refractivity (Wildman–Crippen MR) is 97.1 cm³/mol. The molecule has 2 aliphatic rings. The van der Waals surface area contributed by atoms with Gasteiger partial charge in [-0.15, -0.1) is 0 Å². The van der Waals surface area contributed by atoms with Crippen molar-refractivity contribution in [2.24, 2.45) is 11.5 Å². The fourth-order valence-corrected chi connectivity index (χ4v) is 3.12. The summed E-state index contributed by atoms with van der Waals surface area (Å²) in [6.07, 6.45) is 10.1. The summed E-state index contributed by atoms with van der Waals surface area (Å²) >= 11 is 0. The van der Waals surface area contributed by atoms with Gasteiger partial charge in [-0.1, -0.05) is 26.7 Å². The van der Waals surface area contributed by atoms with Crippen LogP contribution in [0.25, 0.3) is 0 Å². The minimum Gasteiger partial charge on any atom is -0.328 e. The van der Waals surface area contributed by atoms with Gasteiger partial charge in [0.05, 0.1) is 0 Å². The van der Waals surface area contributed by atoms with Gasteiger partial charge in [0, 0.05) is 12.1 Å². The maximum atomic E-state index is 5.80. The average Bonchev–Trinajstić information content (AvgIpc) is 2.54. The number of nitrogens with two attached hydrogens (primary N) is 2. The molecule has 0 aromatic rings. The lowest BCUT2D eigenvalue weighted by molar-refractivity contribution is 0.210. The third kappa shape index (κ3) is 9.09. The molecule has 0 saturated carbocycles. The second kappa shape index (κ2) is 12.3. The number of rotatable bonds is 6. The van der Waals surface area contributed by atoms with Crippen molar-refractivity contribution in [3.8, 4) is 0 Å². The van der Waals surface area contributed by atoms with Crippen LogP contribution >= 0.6 is 0 Å². The van der Waals surface area contributed by atoms with Crippen molar-refractivity contribution in [1.82, 2.24) is 9.80 Å². The van der Waals surface area contributed by atoms with E-state index in [2.05, 4.69) is 23.6 Å². The normalized spacial score (nSPS) is 22.4. The zero-order valence-corrected chi connectivity index (χ0v) is 15.1. The van der Waals surface area contributed by atoms with E-state index < -0.39 is 0 Å². The molecule has 0 atom stereocenters. The highest BCUT2D eigenvalue weighted by Gasteiger charge is 2.15. The van der Waals surface area contributed by atoms with Gasteiger partial charge in [0.25, 0.3) is 0 Å². The van der Waals surface area contributed by atoms with Gasteiger partial charge in [-0.3, -0.25) is 0 Å². The van der Waals surface area contributed by atoms with Crippen LogP contribution < -0.4 is 11.5 Å². The molecule has 0 aromatic carbocycles. The summed E-state index contributed by atoms with van der Waals surface area (Å²) in [5, 5.41) is 0. The second-order valence-corrected chi connectivity index (χ2v) is 7.07. The summed E-state index contributed by atoms with van der Waals surface area (Å²) in [5.41, 5.74) is 11.6. The molecule has 0 radical (unpaired) electrons. The minimum absolute atomic E-state index is 0.480. The zero-order chi connectivity index (χ0) is 16.2. The molecule has 2 rings (SSSR count). The van der Waals surface area contributed by atoms with Crippen LogP contribution in [0.15, 0.2) is 0 Å². The number of hydrogen-bond donors (Lipinski definition) is 2. The Morgan fingerprint density at radius 2 is 1.00 bits per heavy atom. The van der Waals surface area contributed by atoms with Crippen molar-refractivity contribution in [2.75, 3.05) is 39.3 Å². The Hall–Kier alpha value is -0.160. The number of piperidine rings is 2. The van der Waals surface area contributed by atoms with Gasteiger partial charge in [0.2, 0.25) is 0 Å². The maximum absolute atomic E-state index is 5.80. The Balaban J connectivity index is 0.000000220. The molecule has 4 heteroatoms. The lowest BCUT2D eigenvalue weighted by atomic mass is 10.1.